The average Bonchev–Trinajstić information content (AvgIpc) is 3.07. The van der Waals surface area contributed by atoms with Crippen molar-refractivity contribution in [2.75, 3.05) is 0 Å². The van der Waals surface area contributed by atoms with Crippen molar-refractivity contribution in [1.82, 2.24) is 0 Å². The van der Waals surface area contributed by atoms with Gasteiger partial charge in [0, 0.05) is 0 Å². The Hall–Kier alpha value is -0.300. The largest absolute Gasteiger partial charge is 0.393 e. The molecule has 0 aromatic heterocycles. The standard InChI is InChI=1S/C30H52O/c1-18(2)21(5)19(3)17-20(4)24-11-12-26-23-9-10-25-22(6)28(31)14-16-30(25,8)27(23)13-15-29(24,26)7/h17-18,20-28,31H,9-16H2,1-8H3/b19-17+/t20-,21?,22+,23+,24-,25?,26+,27+,28+,29-,30+/m1/s1. The number of aliphatic hydroxyl groups is 1. The topological polar surface area (TPSA) is 20.2 Å². The first kappa shape index (κ1) is 23.8. The van der Waals surface area contributed by atoms with Crippen molar-refractivity contribution < 1.29 is 5.11 Å². The van der Waals surface area contributed by atoms with Crippen LogP contribution in [0.25, 0.3) is 0 Å². The second-order valence-corrected chi connectivity index (χ2v) is 13.6. The quantitative estimate of drug-likeness (QED) is 0.448. The van der Waals surface area contributed by atoms with Gasteiger partial charge in [0.15, 0.2) is 0 Å². The number of fused-ring (bicyclic) bond motifs is 5. The number of hydrogen-bond donors (Lipinski definition) is 1. The minimum atomic E-state index is -0.0524. The van der Waals surface area contributed by atoms with E-state index in [2.05, 4.69) is 61.5 Å². The van der Waals surface area contributed by atoms with E-state index >= 15 is 0 Å². The Morgan fingerprint density at radius 1 is 0.839 bits per heavy atom. The smallest absolute Gasteiger partial charge is 0.0568 e. The summed E-state index contributed by atoms with van der Waals surface area (Å²) in [7, 11) is 0. The van der Waals surface area contributed by atoms with E-state index in [1.807, 2.05) is 0 Å². The Kier molecular flexibility index (Phi) is 6.53. The normalized spacial score (nSPS) is 49.9. The zero-order valence-corrected chi connectivity index (χ0v) is 22.0. The highest BCUT2D eigenvalue weighted by Crippen LogP contribution is 2.68. The third kappa shape index (κ3) is 3.77. The highest BCUT2D eigenvalue weighted by Gasteiger charge is 2.61. The summed E-state index contributed by atoms with van der Waals surface area (Å²) in [6.45, 7) is 19.7. The van der Waals surface area contributed by atoms with Gasteiger partial charge in [-0.15, -0.1) is 0 Å². The molecule has 0 heterocycles. The maximum absolute atomic E-state index is 10.6. The zero-order valence-electron chi connectivity index (χ0n) is 22.0. The van der Waals surface area contributed by atoms with Crippen LogP contribution in [0.2, 0.25) is 0 Å². The molecule has 4 fully saturated rings. The summed E-state index contributed by atoms with van der Waals surface area (Å²) in [5.74, 6) is 7.05. The van der Waals surface area contributed by atoms with Crippen molar-refractivity contribution in [3.05, 3.63) is 11.6 Å². The first-order chi connectivity index (χ1) is 14.5. The van der Waals surface area contributed by atoms with Gasteiger partial charge in [0.05, 0.1) is 6.10 Å². The SMILES string of the molecule is C/C(=C\[C@@H](C)[C@H]1CC[C@H]2[C@@H]3CCC4[C@H](C)[C@@H](O)CC[C@]4(C)[C@H]3CC[C@]12C)C(C)C(C)C. The van der Waals surface area contributed by atoms with Crippen molar-refractivity contribution >= 4 is 0 Å². The van der Waals surface area contributed by atoms with Crippen LogP contribution in [0, 0.1) is 64.1 Å². The first-order valence-electron chi connectivity index (χ1n) is 13.9. The summed E-state index contributed by atoms with van der Waals surface area (Å²) in [5.41, 5.74) is 2.64. The third-order valence-corrected chi connectivity index (χ3v) is 12.1. The fourth-order valence-corrected chi connectivity index (χ4v) is 9.82. The molecule has 0 aromatic rings. The molecule has 1 nitrogen and oxygen atoms in total. The molecule has 0 spiro atoms. The monoisotopic (exact) mass is 428 g/mol. The van der Waals surface area contributed by atoms with E-state index in [0.717, 1.165) is 41.9 Å². The molecule has 0 saturated heterocycles. The Morgan fingerprint density at radius 2 is 1.45 bits per heavy atom. The Morgan fingerprint density at radius 3 is 2.13 bits per heavy atom. The van der Waals surface area contributed by atoms with Crippen LogP contribution >= 0.6 is 0 Å². The van der Waals surface area contributed by atoms with Crippen LogP contribution in [-0.2, 0) is 0 Å². The van der Waals surface area contributed by atoms with Crippen LogP contribution in [0.15, 0.2) is 11.6 Å². The summed E-state index contributed by atoms with van der Waals surface area (Å²) < 4.78 is 0. The average molecular weight is 429 g/mol. The van der Waals surface area contributed by atoms with Crippen LogP contribution in [0.1, 0.15) is 107 Å². The van der Waals surface area contributed by atoms with Gasteiger partial charge in [0.1, 0.15) is 0 Å². The maximum atomic E-state index is 10.6. The molecule has 31 heavy (non-hydrogen) atoms. The Balaban J connectivity index is 1.53. The first-order valence-corrected chi connectivity index (χ1v) is 13.9. The van der Waals surface area contributed by atoms with Gasteiger partial charge in [-0.25, -0.2) is 0 Å². The van der Waals surface area contributed by atoms with E-state index < -0.39 is 0 Å². The molecule has 4 aliphatic rings. The van der Waals surface area contributed by atoms with E-state index in [1.54, 1.807) is 5.57 Å². The molecule has 0 bridgehead atoms. The summed E-state index contributed by atoms with van der Waals surface area (Å²) >= 11 is 0. The lowest BCUT2D eigenvalue weighted by atomic mass is 9.43. The van der Waals surface area contributed by atoms with Gasteiger partial charge < -0.3 is 5.11 Å². The lowest BCUT2D eigenvalue weighted by Gasteiger charge is -2.62. The second kappa shape index (κ2) is 8.48. The van der Waals surface area contributed by atoms with E-state index in [0.29, 0.717) is 28.6 Å². The van der Waals surface area contributed by atoms with E-state index in [-0.39, 0.29) is 6.10 Å². The van der Waals surface area contributed by atoms with Crippen molar-refractivity contribution in [3.8, 4) is 0 Å². The van der Waals surface area contributed by atoms with Crippen LogP contribution in [0.3, 0.4) is 0 Å². The van der Waals surface area contributed by atoms with Gasteiger partial charge in [-0.1, -0.05) is 60.1 Å². The lowest BCUT2D eigenvalue weighted by molar-refractivity contribution is -0.148. The number of allylic oxidation sites excluding steroid dienone is 2. The fraction of sp³-hybridized carbons (Fsp3) is 0.933. The summed E-state index contributed by atoms with van der Waals surface area (Å²) in [6, 6.07) is 0. The predicted molar refractivity (Wildman–Crippen MR) is 133 cm³/mol. The van der Waals surface area contributed by atoms with Gasteiger partial charge in [0.2, 0.25) is 0 Å². The van der Waals surface area contributed by atoms with Gasteiger partial charge in [-0.3, -0.25) is 0 Å². The lowest BCUT2D eigenvalue weighted by Crippen LogP contribution is -2.56. The Labute approximate surface area is 193 Å². The molecule has 178 valence electrons. The molecular formula is C30H52O. The summed E-state index contributed by atoms with van der Waals surface area (Å²) in [6.07, 6.45) is 13.5. The summed E-state index contributed by atoms with van der Waals surface area (Å²) in [4.78, 5) is 0. The Bertz CT molecular complexity index is 678. The van der Waals surface area contributed by atoms with Gasteiger partial charge >= 0.3 is 0 Å². The minimum Gasteiger partial charge on any atom is -0.393 e. The number of rotatable bonds is 4. The molecule has 1 N–H and O–H groups in total. The van der Waals surface area contributed by atoms with E-state index in [1.165, 1.54) is 44.9 Å². The predicted octanol–water partition coefficient (Wildman–Crippen LogP) is 8.13. The van der Waals surface area contributed by atoms with Crippen LogP contribution in [0.5, 0.6) is 0 Å². The van der Waals surface area contributed by atoms with Crippen molar-refractivity contribution in [2.24, 2.45) is 64.1 Å². The van der Waals surface area contributed by atoms with Crippen molar-refractivity contribution in [1.29, 1.82) is 0 Å². The number of aliphatic hydroxyl groups excluding tert-OH is 1. The van der Waals surface area contributed by atoms with Crippen LogP contribution < -0.4 is 0 Å². The molecule has 4 saturated carbocycles. The molecule has 0 radical (unpaired) electrons. The third-order valence-electron chi connectivity index (χ3n) is 12.1. The van der Waals surface area contributed by atoms with Crippen LogP contribution in [-0.4, -0.2) is 11.2 Å². The number of hydrogen-bond acceptors (Lipinski definition) is 1. The molecule has 11 atom stereocenters. The van der Waals surface area contributed by atoms with Crippen LogP contribution in [0.4, 0.5) is 0 Å². The molecule has 0 aliphatic heterocycles. The maximum Gasteiger partial charge on any atom is 0.0568 e. The van der Waals surface area contributed by atoms with Crippen molar-refractivity contribution in [2.45, 2.75) is 113 Å². The summed E-state index contributed by atoms with van der Waals surface area (Å²) in [5, 5.41) is 10.6. The molecular weight excluding hydrogens is 376 g/mol. The molecule has 1 heteroatoms. The van der Waals surface area contributed by atoms with E-state index in [4.69, 9.17) is 0 Å². The second-order valence-electron chi connectivity index (χ2n) is 13.6. The molecule has 0 amide bonds. The molecule has 2 unspecified atom stereocenters. The molecule has 0 aromatic carbocycles. The van der Waals surface area contributed by atoms with Gasteiger partial charge in [0.25, 0.3) is 0 Å². The zero-order chi connectivity index (χ0) is 22.7. The fourth-order valence-electron chi connectivity index (χ4n) is 9.82. The molecule has 4 rings (SSSR count). The highest BCUT2D eigenvalue weighted by atomic mass is 16.3. The van der Waals surface area contributed by atoms with E-state index in [9.17, 15) is 5.11 Å². The van der Waals surface area contributed by atoms with Gasteiger partial charge in [-0.05, 0) is 122 Å². The minimum absolute atomic E-state index is 0.0524. The molecule has 4 aliphatic carbocycles. The van der Waals surface area contributed by atoms with Gasteiger partial charge in [-0.2, -0.15) is 0 Å². The van der Waals surface area contributed by atoms with Crippen molar-refractivity contribution in [3.63, 3.8) is 0 Å². The highest BCUT2D eigenvalue weighted by molar-refractivity contribution is 5.13.